The predicted molar refractivity (Wildman–Crippen MR) is 65.0 cm³/mol. The molecule has 2 rings (SSSR count). The molecule has 0 aliphatic heterocycles. The van der Waals surface area contributed by atoms with Gasteiger partial charge in [-0.1, -0.05) is 18.2 Å². The molecule has 1 unspecified atom stereocenters. The molecule has 0 saturated heterocycles. The summed E-state index contributed by atoms with van der Waals surface area (Å²) in [6.07, 6.45) is 6.94. The highest BCUT2D eigenvalue weighted by Gasteiger charge is 2.12. The SMILES string of the molecule is COC1=CCC(c2ccc(C(=O)O)cc2)C=C1. The van der Waals surface area contributed by atoms with Crippen molar-refractivity contribution in [3.8, 4) is 0 Å². The van der Waals surface area contributed by atoms with Gasteiger partial charge in [-0.15, -0.1) is 0 Å². The lowest BCUT2D eigenvalue weighted by Gasteiger charge is -2.16. The Morgan fingerprint density at radius 2 is 2.06 bits per heavy atom. The quantitative estimate of drug-likeness (QED) is 0.868. The normalized spacial score (nSPS) is 18.6. The Morgan fingerprint density at radius 3 is 2.53 bits per heavy atom. The molecule has 0 saturated carbocycles. The molecule has 1 N–H and O–H groups in total. The first kappa shape index (κ1) is 11.5. The van der Waals surface area contributed by atoms with Gasteiger partial charge in [0.2, 0.25) is 0 Å². The van der Waals surface area contributed by atoms with Crippen LogP contribution in [0.25, 0.3) is 0 Å². The van der Waals surface area contributed by atoms with Crippen molar-refractivity contribution >= 4 is 5.97 Å². The molecule has 0 amide bonds. The fourth-order valence-electron chi connectivity index (χ4n) is 1.87. The van der Waals surface area contributed by atoms with Gasteiger partial charge in [-0.25, -0.2) is 4.79 Å². The zero-order valence-electron chi connectivity index (χ0n) is 9.59. The minimum absolute atomic E-state index is 0.303. The van der Waals surface area contributed by atoms with Crippen LogP contribution in [0, 0.1) is 0 Å². The third kappa shape index (κ3) is 2.56. The molecule has 0 aromatic heterocycles. The van der Waals surface area contributed by atoms with Crippen LogP contribution in [0.15, 0.2) is 48.3 Å². The molecule has 17 heavy (non-hydrogen) atoms. The van der Waals surface area contributed by atoms with E-state index in [2.05, 4.69) is 6.08 Å². The summed E-state index contributed by atoms with van der Waals surface area (Å²) in [6, 6.07) is 7.01. The number of carboxylic acids is 1. The summed E-state index contributed by atoms with van der Waals surface area (Å²) < 4.78 is 5.12. The van der Waals surface area contributed by atoms with Gasteiger partial charge in [-0.2, -0.15) is 0 Å². The first-order valence-electron chi connectivity index (χ1n) is 5.46. The van der Waals surface area contributed by atoms with E-state index in [1.165, 1.54) is 0 Å². The van der Waals surface area contributed by atoms with Crippen LogP contribution in [0.5, 0.6) is 0 Å². The van der Waals surface area contributed by atoms with E-state index in [0.717, 1.165) is 17.7 Å². The van der Waals surface area contributed by atoms with Gasteiger partial charge in [0.05, 0.1) is 12.7 Å². The van der Waals surface area contributed by atoms with E-state index in [-0.39, 0.29) is 0 Å². The van der Waals surface area contributed by atoms with Crippen molar-refractivity contribution in [3.05, 3.63) is 59.4 Å². The van der Waals surface area contributed by atoms with Gasteiger partial charge in [-0.3, -0.25) is 0 Å². The highest BCUT2D eigenvalue weighted by atomic mass is 16.5. The van der Waals surface area contributed by atoms with E-state index in [9.17, 15) is 4.79 Å². The standard InChI is InChI=1S/C14H14O3/c1-17-13-8-6-11(7-9-13)10-2-4-12(5-3-10)14(15)16/h2-6,8-9,11H,7H2,1H3,(H,15,16). The minimum Gasteiger partial charge on any atom is -0.497 e. The van der Waals surface area contributed by atoms with Crippen molar-refractivity contribution in [1.29, 1.82) is 0 Å². The second-order valence-corrected chi connectivity index (χ2v) is 3.94. The van der Waals surface area contributed by atoms with E-state index in [4.69, 9.17) is 9.84 Å². The maximum Gasteiger partial charge on any atom is 0.335 e. The number of carboxylic acid groups (broad SMARTS) is 1. The lowest BCUT2D eigenvalue weighted by Crippen LogP contribution is -2.01. The summed E-state index contributed by atoms with van der Waals surface area (Å²) >= 11 is 0. The fraction of sp³-hybridized carbons (Fsp3) is 0.214. The Balaban J connectivity index is 2.12. The summed E-state index contributed by atoms with van der Waals surface area (Å²) in [7, 11) is 1.65. The number of rotatable bonds is 3. The molecule has 1 aliphatic carbocycles. The van der Waals surface area contributed by atoms with Gasteiger partial charge in [0.1, 0.15) is 5.76 Å². The van der Waals surface area contributed by atoms with Gasteiger partial charge in [0, 0.05) is 5.92 Å². The Bertz CT molecular complexity index is 469. The molecule has 1 atom stereocenters. The lowest BCUT2D eigenvalue weighted by atomic mass is 9.91. The number of carbonyl (C=O) groups is 1. The van der Waals surface area contributed by atoms with Gasteiger partial charge in [-0.05, 0) is 36.3 Å². The van der Waals surface area contributed by atoms with Crippen LogP contribution in [0.1, 0.15) is 28.3 Å². The van der Waals surface area contributed by atoms with Crippen LogP contribution < -0.4 is 0 Å². The molecule has 1 aromatic rings. The Morgan fingerprint density at radius 1 is 1.35 bits per heavy atom. The summed E-state index contributed by atoms with van der Waals surface area (Å²) in [5.41, 5.74) is 1.44. The second kappa shape index (κ2) is 4.87. The number of ether oxygens (including phenoxy) is 1. The van der Waals surface area contributed by atoms with Crippen molar-refractivity contribution in [2.75, 3.05) is 7.11 Å². The number of hydrogen-bond donors (Lipinski definition) is 1. The maximum atomic E-state index is 10.7. The third-order valence-corrected chi connectivity index (χ3v) is 2.89. The zero-order valence-corrected chi connectivity index (χ0v) is 9.59. The largest absolute Gasteiger partial charge is 0.497 e. The van der Waals surface area contributed by atoms with Crippen LogP contribution in [0.4, 0.5) is 0 Å². The number of benzene rings is 1. The van der Waals surface area contributed by atoms with E-state index in [0.29, 0.717) is 11.5 Å². The minimum atomic E-state index is -0.891. The van der Waals surface area contributed by atoms with E-state index < -0.39 is 5.97 Å². The lowest BCUT2D eigenvalue weighted by molar-refractivity contribution is 0.0697. The summed E-state index contributed by atoms with van der Waals surface area (Å²) in [6.45, 7) is 0. The average Bonchev–Trinajstić information content (AvgIpc) is 2.39. The van der Waals surface area contributed by atoms with Crippen LogP contribution in [-0.4, -0.2) is 18.2 Å². The van der Waals surface area contributed by atoms with E-state index in [1.54, 1.807) is 19.2 Å². The summed E-state index contributed by atoms with van der Waals surface area (Å²) in [5.74, 6) is 0.289. The van der Waals surface area contributed by atoms with Crippen molar-refractivity contribution in [1.82, 2.24) is 0 Å². The number of allylic oxidation sites excluding steroid dienone is 3. The smallest absolute Gasteiger partial charge is 0.335 e. The number of aromatic carboxylic acids is 1. The van der Waals surface area contributed by atoms with Gasteiger partial charge >= 0.3 is 5.97 Å². The average molecular weight is 230 g/mol. The maximum absolute atomic E-state index is 10.7. The molecule has 1 aromatic carbocycles. The zero-order chi connectivity index (χ0) is 12.3. The molecule has 0 fully saturated rings. The summed E-state index contributed by atoms with van der Waals surface area (Å²) in [5, 5.41) is 8.81. The molecule has 0 spiro atoms. The monoisotopic (exact) mass is 230 g/mol. The molecule has 88 valence electrons. The predicted octanol–water partition coefficient (Wildman–Crippen LogP) is 2.96. The molecule has 3 heteroatoms. The summed E-state index contributed by atoms with van der Waals surface area (Å²) in [4.78, 5) is 10.7. The molecule has 0 radical (unpaired) electrons. The Hall–Kier alpha value is -2.03. The first-order valence-corrected chi connectivity index (χ1v) is 5.46. The van der Waals surface area contributed by atoms with Crippen LogP contribution in [0.2, 0.25) is 0 Å². The number of hydrogen-bond acceptors (Lipinski definition) is 2. The van der Waals surface area contributed by atoms with Crippen molar-refractivity contribution < 1.29 is 14.6 Å². The van der Waals surface area contributed by atoms with Gasteiger partial charge in [0.15, 0.2) is 0 Å². The highest BCUT2D eigenvalue weighted by Crippen LogP contribution is 2.27. The van der Waals surface area contributed by atoms with Gasteiger partial charge < -0.3 is 9.84 Å². The van der Waals surface area contributed by atoms with E-state index >= 15 is 0 Å². The number of methoxy groups -OCH3 is 1. The van der Waals surface area contributed by atoms with Crippen LogP contribution >= 0.6 is 0 Å². The Labute approximate surface area is 100 Å². The van der Waals surface area contributed by atoms with Crippen LogP contribution in [-0.2, 0) is 4.74 Å². The Kier molecular flexibility index (Phi) is 3.28. The molecular weight excluding hydrogens is 216 g/mol. The highest BCUT2D eigenvalue weighted by molar-refractivity contribution is 5.87. The molecule has 1 aliphatic rings. The fourth-order valence-corrected chi connectivity index (χ4v) is 1.87. The topological polar surface area (TPSA) is 46.5 Å². The van der Waals surface area contributed by atoms with Crippen molar-refractivity contribution in [3.63, 3.8) is 0 Å². The second-order valence-electron chi connectivity index (χ2n) is 3.94. The van der Waals surface area contributed by atoms with Crippen LogP contribution in [0.3, 0.4) is 0 Å². The molecular formula is C14H14O3. The molecule has 3 nitrogen and oxygen atoms in total. The molecule has 0 heterocycles. The molecule has 0 bridgehead atoms. The van der Waals surface area contributed by atoms with Crippen molar-refractivity contribution in [2.24, 2.45) is 0 Å². The first-order chi connectivity index (χ1) is 8.20. The van der Waals surface area contributed by atoms with E-state index in [1.807, 2.05) is 24.3 Å². The van der Waals surface area contributed by atoms with Gasteiger partial charge in [0.25, 0.3) is 0 Å². The van der Waals surface area contributed by atoms with Crippen molar-refractivity contribution in [2.45, 2.75) is 12.3 Å². The third-order valence-electron chi connectivity index (χ3n) is 2.89.